The van der Waals surface area contributed by atoms with Crippen LogP contribution < -0.4 is 10.6 Å². The Balaban J connectivity index is 1.39. The molecule has 0 fully saturated rings. The molecule has 2 aromatic rings. The summed E-state index contributed by atoms with van der Waals surface area (Å²) in [4.78, 5) is 5.44. The van der Waals surface area contributed by atoms with Gasteiger partial charge in [-0.05, 0) is 29.9 Å². The maximum Gasteiger partial charge on any atom is 0.166 e. The Morgan fingerprint density at radius 2 is 2.05 bits per heavy atom. The van der Waals surface area contributed by atoms with Gasteiger partial charge < -0.3 is 19.9 Å². The lowest BCUT2D eigenvalue weighted by Gasteiger charge is -2.12. The molecule has 5 nitrogen and oxygen atoms in total. The molecule has 1 aromatic heterocycles. The zero-order valence-corrected chi connectivity index (χ0v) is 12.8. The van der Waals surface area contributed by atoms with Gasteiger partial charge in [-0.2, -0.15) is 0 Å². The van der Waals surface area contributed by atoms with Crippen LogP contribution in [0, 0.1) is 0 Å². The van der Waals surface area contributed by atoms with Gasteiger partial charge >= 0.3 is 0 Å². The Hall–Kier alpha value is -2.34. The van der Waals surface area contributed by atoms with Gasteiger partial charge in [0.1, 0.15) is 11.9 Å². The first-order valence-electron chi connectivity index (χ1n) is 7.13. The molecule has 0 saturated carbocycles. The fourth-order valence-electron chi connectivity index (χ4n) is 2.19. The van der Waals surface area contributed by atoms with Crippen LogP contribution in [0.2, 0.25) is 0 Å². The molecule has 1 aliphatic heterocycles. The highest BCUT2D eigenvalue weighted by molar-refractivity contribution is 7.80. The summed E-state index contributed by atoms with van der Waals surface area (Å²) < 4.78 is 5.23. The predicted octanol–water partition coefficient (Wildman–Crippen LogP) is 2.44. The van der Waals surface area contributed by atoms with Crippen molar-refractivity contribution in [2.45, 2.75) is 19.1 Å². The van der Waals surface area contributed by atoms with E-state index in [1.54, 1.807) is 6.26 Å². The van der Waals surface area contributed by atoms with Gasteiger partial charge in [-0.15, -0.1) is 0 Å². The second kappa shape index (κ2) is 7.09. The average Bonchev–Trinajstić information content (AvgIpc) is 3.23. The van der Waals surface area contributed by atoms with Crippen molar-refractivity contribution in [3.63, 3.8) is 0 Å². The molecular weight excluding hydrogens is 298 g/mol. The molecule has 0 spiro atoms. The van der Waals surface area contributed by atoms with Crippen LogP contribution in [0.5, 0.6) is 0 Å². The van der Waals surface area contributed by atoms with Crippen LogP contribution in [0.25, 0.3) is 0 Å². The third kappa shape index (κ3) is 3.85. The van der Waals surface area contributed by atoms with Gasteiger partial charge in [0.15, 0.2) is 5.11 Å². The number of oxime groups is 1. The molecule has 1 atom stereocenters. The number of benzene rings is 1. The van der Waals surface area contributed by atoms with Crippen LogP contribution in [0.3, 0.4) is 0 Å². The second-order valence-corrected chi connectivity index (χ2v) is 5.39. The molecule has 0 bridgehead atoms. The lowest BCUT2D eigenvalue weighted by molar-refractivity contribution is 0.0885. The molecule has 3 rings (SSSR count). The van der Waals surface area contributed by atoms with Gasteiger partial charge in [0.05, 0.1) is 25.1 Å². The van der Waals surface area contributed by atoms with Crippen molar-refractivity contribution in [2.24, 2.45) is 5.16 Å². The van der Waals surface area contributed by atoms with E-state index in [0.717, 1.165) is 23.5 Å². The van der Waals surface area contributed by atoms with Crippen LogP contribution in [-0.2, 0) is 11.4 Å². The van der Waals surface area contributed by atoms with Crippen LogP contribution in [0.15, 0.2) is 58.3 Å². The minimum absolute atomic E-state index is 0.00133. The van der Waals surface area contributed by atoms with Crippen molar-refractivity contribution in [1.82, 2.24) is 10.6 Å². The van der Waals surface area contributed by atoms with E-state index in [2.05, 4.69) is 15.8 Å². The maximum absolute atomic E-state index is 5.44. The standard InChI is InChI=1S/C16H17N3O2S/c22-16(17-10-13-7-4-8-20-13)18-11-14-9-15(19-21-14)12-5-2-1-3-6-12/h1-8,14H,9-11H2,(H2,17,18,22). The largest absolute Gasteiger partial charge is 0.467 e. The molecular formula is C16H17N3O2S. The molecule has 0 saturated heterocycles. The van der Waals surface area contributed by atoms with Gasteiger partial charge in [0, 0.05) is 6.42 Å². The van der Waals surface area contributed by atoms with Crippen LogP contribution in [0.1, 0.15) is 17.7 Å². The topological polar surface area (TPSA) is 58.8 Å². The predicted molar refractivity (Wildman–Crippen MR) is 88.6 cm³/mol. The fourth-order valence-corrected chi connectivity index (χ4v) is 2.34. The third-order valence-electron chi connectivity index (χ3n) is 3.33. The maximum atomic E-state index is 5.44. The molecule has 0 aliphatic carbocycles. The summed E-state index contributed by atoms with van der Waals surface area (Å²) in [6, 6.07) is 13.8. The lowest BCUT2D eigenvalue weighted by atomic mass is 10.1. The first-order chi connectivity index (χ1) is 10.8. The molecule has 2 heterocycles. The first-order valence-corrected chi connectivity index (χ1v) is 7.54. The highest BCUT2D eigenvalue weighted by Gasteiger charge is 2.21. The van der Waals surface area contributed by atoms with Gasteiger partial charge in [0.2, 0.25) is 0 Å². The molecule has 6 heteroatoms. The van der Waals surface area contributed by atoms with Crippen molar-refractivity contribution in [3.8, 4) is 0 Å². The van der Waals surface area contributed by atoms with Gasteiger partial charge in [-0.25, -0.2) is 0 Å². The molecule has 0 radical (unpaired) electrons. The number of hydrogen-bond acceptors (Lipinski definition) is 4. The van der Waals surface area contributed by atoms with Gasteiger partial charge in [-0.3, -0.25) is 0 Å². The summed E-state index contributed by atoms with van der Waals surface area (Å²) in [5, 5.41) is 11.0. The third-order valence-corrected chi connectivity index (χ3v) is 3.62. The molecule has 1 unspecified atom stereocenters. The van der Waals surface area contributed by atoms with Crippen LogP contribution >= 0.6 is 12.2 Å². The summed E-state index contributed by atoms with van der Waals surface area (Å²) in [6.45, 7) is 1.18. The Bertz CT molecular complexity index is 641. The number of rotatable bonds is 5. The monoisotopic (exact) mass is 315 g/mol. The normalized spacial score (nSPS) is 16.7. The van der Waals surface area contributed by atoms with Crippen LogP contribution in [0.4, 0.5) is 0 Å². The van der Waals surface area contributed by atoms with E-state index in [9.17, 15) is 0 Å². The number of hydrogen-bond donors (Lipinski definition) is 2. The highest BCUT2D eigenvalue weighted by Crippen LogP contribution is 2.15. The first kappa shape index (κ1) is 14.6. The lowest BCUT2D eigenvalue weighted by Crippen LogP contribution is -2.39. The van der Waals surface area contributed by atoms with E-state index in [1.165, 1.54) is 0 Å². The quantitative estimate of drug-likeness (QED) is 0.830. The van der Waals surface area contributed by atoms with Crippen molar-refractivity contribution < 1.29 is 9.25 Å². The summed E-state index contributed by atoms with van der Waals surface area (Å²) >= 11 is 5.23. The van der Waals surface area contributed by atoms with E-state index < -0.39 is 0 Å². The van der Waals surface area contributed by atoms with Crippen molar-refractivity contribution >= 4 is 23.0 Å². The summed E-state index contributed by atoms with van der Waals surface area (Å²) in [5.74, 6) is 0.843. The van der Waals surface area contributed by atoms with Crippen molar-refractivity contribution in [2.75, 3.05) is 6.54 Å². The van der Waals surface area contributed by atoms with Gasteiger partial charge in [0.25, 0.3) is 0 Å². The summed E-state index contributed by atoms with van der Waals surface area (Å²) in [5.41, 5.74) is 2.07. The van der Waals surface area contributed by atoms with E-state index >= 15 is 0 Å². The fraction of sp³-hybridized carbons (Fsp3) is 0.250. The molecule has 114 valence electrons. The smallest absolute Gasteiger partial charge is 0.166 e. The zero-order valence-electron chi connectivity index (χ0n) is 12.0. The Kier molecular flexibility index (Phi) is 4.70. The Labute approximate surface area is 134 Å². The van der Waals surface area contributed by atoms with Crippen molar-refractivity contribution in [3.05, 3.63) is 60.1 Å². The van der Waals surface area contributed by atoms with E-state index in [0.29, 0.717) is 18.2 Å². The second-order valence-electron chi connectivity index (χ2n) is 4.98. The summed E-state index contributed by atoms with van der Waals surface area (Å²) in [6.07, 6.45) is 2.42. The molecule has 1 aliphatic rings. The molecule has 22 heavy (non-hydrogen) atoms. The Morgan fingerprint density at radius 1 is 1.18 bits per heavy atom. The Morgan fingerprint density at radius 3 is 2.82 bits per heavy atom. The molecule has 2 N–H and O–H groups in total. The molecule has 0 amide bonds. The zero-order chi connectivity index (χ0) is 15.2. The average molecular weight is 315 g/mol. The van der Waals surface area contributed by atoms with E-state index in [1.807, 2.05) is 42.5 Å². The summed E-state index contributed by atoms with van der Waals surface area (Å²) in [7, 11) is 0. The van der Waals surface area contributed by atoms with E-state index in [-0.39, 0.29) is 6.10 Å². The molecule has 1 aromatic carbocycles. The van der Waals surface area contributed by atoms with Crippen molar-refractivity contribution in [1.29, 1.82) is 0 Å². The minimum Gasteiger partial charge on any atom is -0.467 e. The number of furan rings is 1. The van der Waals surface area contributed by atoms with E-state index in [4.69, 9.17) is 21.5 Å². The number of nitrogens with one attached hydrogen (secondary N) is 2. The number of nitrogens with zero attached hydrogens (tertiary/aromatic N) is 1. The minimum atomic E-state index is -0.00133. The highest BCUT2D eigenvalue weighted by atomic mass is 32.1. The van der Waals surface area contributed by atoms with Crippen LogP contribution in [-0.4, -0.2) is 23.5 Å². The van der Waals surface area contributed by atoms with Gasteiger partial charge in [-0.1, -0.05) is 35.5 Å². The SMILES string of the molecule is S=C(NCc1ccco1)NCC1CC(c2ccccc2)=NO1. The number of thiocarbonyl (C=S) groups is 1.